The number of hydrogen-bond donors (Lipinski definition) is 0. The molecule has 1 fully saturated rings. The van der Waals surface area contributed by atoms with Gasteiger partial charge in [-0.05, 0) is 68.4 Å². The van der Waals surface area contributed by atoms with E-state index in [0.29, 0.717) is 13.2 Å². The molecule has 2 aliphatic heterocycles. The van der Waals surface area contributed by atoms with Crippen LogP contribution in [0, 0.1) is 0 Å². The number of fused-ring (bicyclic) bond motifs is 1. The molecule has 174 valence electrons. The largest absolute Gasteiger partial charge is 0.497 e. The van der Waals surface area contributed by atoms with Crippen molar-refractivity contribution in [2.75, 3.05) is 31.7 Å². The Kier molecular flexibility index (Phi) is 7.55. The van der Waals surface area contributed by atoms with Crippen LogP contribution in [0.25, 0.3) is 0 Å². The van der Waals surface area contributed by atoms with Gasteiger partial charge < -0.3 is 14.4 Å². The maximum atomic E-state index is 13.6. The van der Waals surface area contributed by atoms with Gasteiger partial charge in [0.05, 0.1) is 25.1 Å². The first-order chi connectivity index (χ1) is 16.1. The zero-order valence-electron chi connectivity index (χ0n) is 19.5. The Bertz CT molecular complexity index is 1080. The maximum Gasteiger partial charge on any atom is 0.269 e. The third-order valence-corrected chi connectivity index (χ3v) is 7.77. The van der Waals surface area contributed by atoms with Crippen molar-refractivity contribution in [3.63, 3.8) is 0 Å². The highest BCUT2D eigenvalue weighted by molar-refractivity contribution is 8.19. The van der Waals surface area contributed by atoms with Crippen molar-refractivity contribution < 1.29 is 14.3 Å². The minimum Gasteiger partial charge on any atom is -0.497 e. The Labute approximate surface area is 204 Å². The second-order valence-electron chi connectivity index (χ2n) is 7.55. The quantitative estimate of drug-likeness (QED) is 0.413. The van der Waals surface area contributed by atoms with E-state index in [4.69, 9.17) is 14.5 Å². The fraction of sp³-hybridized carbons (Fsp3) is 0.360. The molecule has 1 amide bonds. The lowest BCUT2D eigenvalue weighted by atomic mass is 10.2. The Balaban J connectivity index is 1.69. The number of nitrogens with zero attached hydrogens (tertiary/aromatic N) is 3. The molecule has 4 rings (SSSR count). The molecule has 0 aliphatic carbocycles. The number of ether oxygens (including phenoxy) is 2. The predicted molar refractivity (Wildman–Crippen MR) is 138 cm³/mol. The molecular weight excluding hydrogens is 454 g/mol. The highest BCUT2D eigenvalue weighted by Crippen LogP contribution is 2.51. The van der Waals surface area contributed by atoms with Gasteiger partial charge in [-0.15, -0.1) is 0 Å². The van der Waals surface area contributed by atoms with E-state index < -0.39 is 0 Å². The molecule has 2 aromatic rings. The first-order valence-corrected chi connectivity index (χ1v) is 12.9. The van der Waals surface area contributed by atoms with E-state index in [9.17, 15) is 4.79 Å². The maximum absolute atomic E-state index is 13.6. The van der Waals surface area contributed by atoms with E-state index in [1.54, 1.807) is 18.9 Å². The number of amidine groups is 1. The lowest BCUT2D eigenvalue weighted by Gasteiger charge is -2.19. The SMILES string of the molecule is CCCCN1C(=O)C(=C2Sc3ccc(OC)cc3N2CC)SC1=Nc1ccc(OCC)cc1. The lowest BCUT2D eigenvalue weighted by molar-refractivity contribution is -0.122. The van der Waals surface area contributed by atoms with Gasteiger partial charge in [0, 0.05) is 24.1 Å². The third kappa shape index (κ3) is 4.87. The van der Waals surface area contributed by atoms with Crippen LogP contribution < -0.4 is 14.4 Å². The molecular formula is C25H29N3O3S2. The molecule has 0 N–H and O–H groups in total. The predicted octanol–water partition coefficient (Wildman–Crippen LogP) is 6.26. The van der Waals surface area contributed by atoms with Gasteiger partial charge in [-0.25, -0.2) is 4.99 Å². The van der Waals surface area contributed by atoms with Crippen molar-refractivity contribution in [1.29, 1.82) is 0 Å². The molecule has 0 unspecified atom stereocenters. The van der Waals surface area contributed by atoms with Crippen molar-refractivity contribution in [3.8, 4) is 11.5 Å². The van der Waals surface area contributed by atoms with Crippen LogP contribution in [0.1, 0.15) is 33.6 Å². The van der Waals surface area contributed by atoms with Gasteiger partial charge in [-0.2, -0.15) is 0 Å². The van der Waals surface area contributed by atoms with Crippen molar-refractivity contribution in [2.24, 2.45) is 4.99 Å². The summed E-state index contributed by atoms with van der Waals surface area (Å²) in [5.41, 5.74) is 1.88. The summed E-state index contributed by atoms with van der Waals surface area (Å²) in [6, 6.07) is 13.7. The molecule has 0 bridgehead atoms. The van der Waals surface area contributed by atoms with Crippen LogP contribution >= 0.6 is 23.5 Å². The first kappa shape index (κ1) is 23.6. The van der Waals surface area contributed by atoms with E-state index in [1.807, 2.05) is 48.2 Å². The minimum absolute atomic E-state index is 0.0267. The molecule has 0 saturated carbocycles. The smallest absolute Gasteiger partial charge is 0.269 e. The molecule has 33 heavy (non-hydrogen) atoms. The Hall–Kier alpha value is -2.58. The summed E-state index contributed by atoms with van der Waals surface area (Å²) in [4.78, 5) is 24.3. The van der Waals surface area contributed by atoms with Gasteiger partial charge in [0.15, 0.2) is 5.17 Å². The van der Waals surface area contributed by atoms with Crippen LogP contribution in [-0.4, -0.2) is 42.8 Å². The number of aliphatic imine (C=N–C) groups is 1. The van der Waals surface area contributed by atoms with Gasteiger partial charge in [-0.1, -0.05) is 25.1 Å². The molecule has 0 atom stereocenters. The monoisotopic (exact) mass is 483 g/mol. The van der Waals surface area contributed by atoms with Crippen LogP contribution in [0.5, 0.6) is 11.5 Å². The van der Waals surface area contributed by atoms with Crippen molar-refractivity contribution in [3.05, 3.63) is 52.4 Å². The van der Waals surface area contributed by atoms with Crippen molar-refractivity contribution in [1.82, 2.24) is 4.90 Å². The van der Waals surface area contributed by atoms with E-state index >= 15 is 0 Å². The third-order valence-electron chi connectivity index (χ3n) is 5.39. The van der Waals surface area contributed by atoms with E-state index in [-0.39, 0.29) is 5.91 Å². The molecule has 0 aromatic heterocycles. The van der Waals surface area contributed by atoms with Gasteiger partial charge in [-0.3, -0.25) is 9.69 Å². The normalized spacial score (nSPS) is 18.9. The van der Waals surface area contributed by atoms with Gasteiger partial charge >= 0.3 is 0 Å². The second kappa shape index (κ2) is 10.6. The van der Waals surface area contributed by atoms with E-state index in [2.05, 4.69) is 24.8 Å². The summed E-state index contributed by atoms with van der Waals surface area (Å²) in [6.45, 7) is 8.24. The minimum atomic E-state index is 0.0267. The van der Waals surface area contributed by atoms with Crippen molar-refractivity contribution >= 4 is 46.0 Å². The fourth-order valence-electron chi connectivity index (χ4n) is 3.70. The molecule has 2 aromatic carbocycles. The number of benzene rings is 2. The molecule has 2 heterocycles. The number of anilines is 1. The summed E-state index contributed by atoms with van der Waals surface area (Å²) < 4.78 is 11.0. The molecule has 6 nitrogen and oxygen atoms in total. The first-order valence-electron chi connectivity index (χ1n) is 11.3. The lowest BCUT2D eigenvalue weighted by Crippen LogP contribution is -2.30. The van der Waals surface area contributed by atoms with Crippen LogP contribution in [0.2, 0.25) is 0 Å². The van der Waals surface area contributed by atoms with Gasteiger partial charge in [0.1, 0.15) is 21.4 Å². The summed E-state index contributed by atoms with van der Waals surface area (Å²) in [5.74, 6) is 1.65. The topological polar surface area (TPSA) is 54.4 Å². The molecule has 0 radical (unpaired) electrons. The number of hydrogen-bond acceptors (Lipinski definition) is 7. The number of unbranched alkanes of at least 4 members (excludes halogenated alkanes) is 1. The average molecular weight is 484 g/mol. The van der Waals surface area contributed by atoms with Crippen molar-refractivity contribution in [2.45, 2.75) is 38.5 Å². The molecule has 0 spiro atoms. The Morgan fingerprint density at radius 2 is 1.73 bits per heavy atom. The summed E-state index contributed by atoms with van der Waals surface area (Å²) >= 11 is 3.11. The van der Waals surface area contributed by atoms with Crippen LogP contribution in [-0.2, 0) is 4.79 Å². The summed E-state index contributed by atoms with van der Waals surface area (Å²) in [6.07, 6.45) is 1.94. The van der Waals surface area contributed by atoms with Crippen LogP contribution in [0.15, 0.2) is 62.3 Å². The van der Waals surface area contributed by atoms with E-state index in [0.717, 1.165) is 62.3 Å². The Morgan fingerprint density at radius 1 is 0.970 bits per heavy atom. The number of thioether (sulfide) groups is 2. The number of amides is 1. The fourth-order valence-corrected chi connectivity index (χ4v) is 6.10. The molecule has 1 saturated heterocycles. The summed E-state index contributed by atoms with van der Waals surface area (Å²) in [5, 5.41) is 1.69. The summed E-state index contributed by atoms with van der Waals surface area (Å²) in [7, 11) is 1.67. The van der Waals surface area contributed by atoms with Crippen LogP contribution in [0.3, 0.4) is 0 Å². The number of carbonyl (C=O) groups excluding carboxylic acids is 1. The molecule has 2 aliphatic rings. The molecule has 8 heteroatoms. The van der Waals surface area contributed by atoms with Gasteiger partial charge in [0.25, 0.3) is 5.91 Å². The van der Waals surface area contributed by atoms with Gasteiger partial charge in [0.2, 0.25) is 0 Å². The standard InChI is InChI=1S/C25H29N3O3S2/c1-5-8-15-28-23(29)22(33-25(28)26-17-9-11-18(12-10-17)31-7-3)24-27(6-2)20-16-19(30-4)13-14-21(20)32-24/h9-14,16H,5-8,15H2,1-4H3. The van der Waals surface area contributed by atoms with Crippen LogP contribution in [0.4, 0.5) is 11.4 Å². The highest BCUT2D eigenvalue weighted by Gasteiger charge is 2.39. The second-order valence-corrected chi connectivity index (χ2v) is 9.56. The van der Waals surface area contributed by atoms with E-state index in [1.165, 1.54) is 11.8 Å². The average Bonchev–Trinajstić information content (AvgIpc) is 3.35. The number of methoxy groups -OCH3 is 1. The zero-order chi connectivity index (χ0) is 23.4. The highest BCUT2D eigenvalue weighted by atomic mass is 32.2. The zero-order valence-corrected chi connectivity index (χ0v) is 21.1. The number of carbonyl (C=O) groups is 1. The number of rotatable bonds is 8. The Morgan fingerprint density at radius 3 is 2.39 bits per heavy atom.